The molecule has 0 aliphatic rings. The SMILES string of the molecule is [B]c1c(CC(=O)/C=C\CN(C)C)cc(C(C)C)c(O)c1C. The highest BCUT2D eigenvalue weighted by atomic mass is 16.3. The second-order valence-electron chi connectivity index (χ2n) is 5.97. The fourth-order valence-corrected chi connectivity index (χ4v) is 2.15. The molecule has 1 aromatic carbocycles. The highest BCUT2D eigenvalue weighted by molar-refractivity contribution is 6.35. The molecule has 1 N–H and O–H groups in total. The van der Waals surface area contributed by atoms with Crippen molar-refractivity contribution < 1.29 is 9.90 Å². The minimum Gasteiger partial charge on any atom is -0.507 e. The second-order valence-corrected chi connectivity index (χ2v) is 5.97. The van der Waals surface area contributed by atoms with Gasteiger partial charge in [-0.05, 0) is 49.7 Å². The predicted molar refractivity (Wildman–Crippen MR) is 88.7 cm³/mol. The minimum atomic E-state index is 0.0170. The van der Waals surface area contributed by atoms with E-state index in [0.717, 1.165) is 17.7 Å². The summed E-state index contributed by atoms with van der Waals surface area (Å²) in [6, 6.07) is 1.85. The Labute approximate surface area is 129 Å². The summed E-state index contributed by atoms with van der Waals surface area (Å²) in [5.41, 5.74) is 2.78. The summed E-state index contributed by atoms with van der Waals surface area (Å²) in [4.78, 5) is 14.0. The van der Waals surface area contributed by atoms with Crippen LogP contribution >= 0.6 is 0 Å². The van der Waals surface area contributed by atoms with E-state index in [1.54, 1.807) is 13.0 Å². The van der Waals surface area contributed by atoms with Crippen LogP contribution in [-0.4, -0.2) is 44.3 Å². The quantitative estimate of drug-likeness (QED) is 0.640. The van der Waals surface area contributed by atoms with Crippen LogP contribution in [0, 0.1) is 6.92 Å². The van der Waals surface area contributed by atoms with Crippen molar-refractivity contribution in [3.8, 4) is 5.75 Å². The molecule has 0 unspecified atom stereocenters. The standard InChI is InChI=1S/C17H24BNO2/c1-11(2)15-10-13(16(18)12(3)17(15)21)9-14(20)7-6-8-19(4)5/h6-7,10-11,21H,8-9H2,1-5H3/b7-6-. The van der Waals surface area contributed by atoms with Crippen LogP contribution in [-0.2, 0) is 11.2 Å². The van der Waals surface area contributed by atoms with Crippen molar-refractivity contribution in [2.24, 2.45) is 0 Å². The first-order chi connectivity index (χ1) is 9.73. The molecule has 0 heterocycles. The molecule has 21 heavy (non-hydrogen) atoms. The molecule has 0 aromatic heterocycles. The molecule has 2 radical (unpaired) electrons. The number of hydrogen-bond acceptors (Lipinski definition) is 3. The number of phenols is 1. The van der Waals surface area contributed by atoms with Gasteiger partial charge in [0.15, 0.2) is 5.78 Å². The van der Waals surface area contributed by atoms with E-state index in [4.69, 9.17) is 7.85 Å². The molecule has 0 aliphatic carbocycles. The normalized spacial score (nSPS) is 11.8. The molecule has 0 amide bonds. The van der Waals surface area contributed by atoms with Gasteiger partial charge in [-0.2, -0.15) is 0 Å². The number of phenolic OH excluding ortho intramolecular Hbond substituents is 1. The summed E-state index contributed by atoms with van der Waals surface area (Å²) < 4.78 is 0. The third-order valence-corrected chi connectivity index (χ3v) is 3.47. The fourth-order valence-electron chi connectivity index (χ4n) is 2.15. The highest BCUT2D eigenvalue weighted by Gasteiger charge is 2.14. The van der Waals surface area contributed by atoms with Crippen molar-refractivity contribution in [2.45, 2.75) is 33.1 Å². The van der Waals surface area contributed by atoms with Crippen molar-refractivity contribution in [1.29, 1.82) is 0 Å². The second kappa shape index (κ2) is 7.46. The van der Waals surface area contributed by atoms with Gasteiger partial charge in [-0.1, -0.05) is 31.5 Å². The van der Waals surface area contributed by atoms with Gasteiger partial charge in [-0.3, -0.25) is 4.79 Å². The zero-order valence-corrected chi connectivity index (χ0v) is 13.6. The molecule has 0 spiro atoms. The van der Waals surface area contributed by atoms with Crippen LogP contribution in [0.15, 0.2) is 18.2 Å². The van der Waals surface area contributed by atoms with Gasteiger partial charge in [0.1, 0.15) is 13.6 Å². The fraction of sp³-hybridized carbons (Fsp3) is 0.471. The third kappa shape index (κ3) is 4.74. The summed E-state index contributed by atoms with van der Waals surface area (Å²) in [5.74, 6) is 0.438. The maximum Gasteiger partial charge on any atom is 0.159 e. The van der Waals surface area contributed by atoms with E-state index in [0.29, 0.717) is 11.0 Å². The van der Waals surface area contributed by atoms with Crippen LogP contribution in [0.4, 0.5) is 0 Å². The van der Waals surface area contributed by atoms with Crippen LogP contribution in [0.3, 0.4) is 0 Å². The summed E-state index contributed by atoms with van der Waals surface area (Å²) >= 11 is 0. The first-order valence-corrected chi connectivity index (χ1v) is 7.19. The Balaban J connectivity index is 2.98. The Bertz CT molecular complexity index is 548. The number of rotatable bonds is 6. The number of benzene rings is 1. The Morgan fingerprint density at radius 1 is 1.43 bits per heavy atom. The van der Waals surface area contributed by atoms with Gasteiger partial charge in [0.2, 0.25) is 0 Å². The van der Waals surface area contributed by atoms with Crippen LogP contribution in [0.2, 0.25) is 0 Å². The first-order valence-electron chi connectivity index (χ1n) is 7.19. The molecule has 0 bridgehead atoms. The van der Waals surface area contributed by atoms with E-state index in [9.17, 15) is 9.90 Å². The van der Waals surface area contributed by atoms with Gasteiger partial charge >= 0.3 is 0 Å². The summed E-state index contributed by atoms with van der Waals surface area (Å²) in [6.45, 7) is 6.53. The van der Waals surface area contributed by atoms with E-state index < -0.39 is 0 Å². The topological polar surface area (TPSA) is 40.5 Å². The largest absolute Gasteiger partial charge is 0.507 e. The maximum atomic E-state index is 12.0. The molecule has 0 atom stereocenters. The average molecular weight is 285 g/mol. The number of likely N-dealkylation sites (N-methyl/N-ethyl adjacent to an activating group) is 1. The third-order valence-electron chi connectivity index (χ3n) is 3.47. The van der Waals surface area contributed by atoms with E-state index in [1.807, 2.05) is 45.0 Å². The lowest BCUT2D eigenvalue weighted by atomic mass is 9.81. The number of carbonyl (C=O) groups excluding carboxylic acids is 1. The van der Waals surface area contributed by atoms with Crippen LogP contribution in [0.1, 0.15) is 36.5 Å². The van der Waals surface area contributed by atoms with Crippen LogP contribution in [0.5, 0.6) is 5.75 Å². The lowest BCUT2D eigenvalue weighted by Gasteiger charge is -2.17. The molecule has 1 aromatic rings. The van der Waals surface area contributed by atoms with Crippen LogP contribution < -0.4 is 5.46 Å². The van der Waals surface area contributed by atoms with Crippen LogP contribution in [0.25, 0.3) is 0 Å². The summed E-state index contributed by atoms with van der Waals surface area (Å²) in [5, 5.41) is 10.1. The zero-order valence-electron chi connectivity index (χ0n) is 13.6. The molecule has 0 saturated heterocycles. The molecule has 0 saturated carbocycles. The summed E-state index contributed by atoms with van der Waals surface area (Å²) in [6.07, 6.45) is 3.70. The molecule has 0 fully saturated rings. The molecule has 4 heteroatoms. The first kappa shape index (κ1) is 17.5. The molecule has 3 nitrogen and oxygen atoms in total. The highest BCUT2D eigenvalue weighted by Crippen LogP contribution is 2.28. The molecule has 1 rings (SSSR count). The lowest BCUT2D eigenvalue weighted by Crippen LogP contribution is -2.18. The zero-order chi connectivity index (χ0) is 16.2. The Kier molecular flexibility index (Phi) is 6.22. The number of aromatic hydroxyl groups is 1. The maximum absolute atomic E-state index is 12.0. The van der Waals surface area contributed by atoms with E-state index >= 15 is 0 Å². The summed E-state index contributed by atoms with van der Waals surface area (Å²) in [7, 11) is 9.93. The van der Waals surface area contributed by atoms with Crippen molar-refractivity contribution in [2.75, 3.05) is 20.6 Å². The molecular weight excluding hydrogens is 261 g/mol. The van der Waals surface area contributed by atoms with Gasteiger partial charge < -0.3 is 10.0 Å². The minimum absolute atomic E-state index is 0.0170. The van der Waals surface area contributed by atoms with E-state index in [-0.39, 0.29) is 23.9 Å². The number of nitrogens with zero attached hydrogens (tertiary/aromatic N) is 1. The molecular formula is C17H24BNO2. The number of carbonyl (C=O) groups is 1. The van der Waals surface area contributed by atoms with Crippen molar-refractivity contribution >= 4 is 19.1 Å². The van der Waals surface area contributed by atoms with Crippen molar-refractivity contribution in [3.05, 3.63) is 34.9 Å². The monoisotopic (exact) mass is 285 g/mol. The average Bonchev–Trinajstić information content (AvgIpc) is 2.38. The van der Waals surface area contributed by atoms with Gasteiger partial charge in [0, 0.05) is 13.0 Å². The van der Waals surface area contributed by atoms with Gasteiger partial charge in [0.25, 0.3) is 0 Å². The van der Waals surface area contributed by atoms with E-state index in [2.05, 4.69) is 0 Å². The Hall–Kier alpha value is -1.55. The van der Waals surface area contributed by atoms with E-state index in [1.165, 1.54) is 0 Å². The molecule has 112 valence electrons. The Morgan fingerprint density at radius 2 is 2.05 bits per heavy atom. The van der Waals surface area contributed by atoms with Gasteiger partial charge in [-0.25, -0.2) is 0 Å². The van der Waals surface area contributed by atoms with Crippen molar-refractivity contribution in [1.82, 2.24) is 4.90 Å². The van der Waals surface area contributed by atoms with Gasteiger partial charge in [0.05, 0.1) is 0 Å². The van der Waals surface area contributed by atoms with Crippen molar-refractivity contribution in [3.63, 3.8) is 0 Å². The number of hydrogen-bond donors (Lipinski definition) is 1. The predicted octanol–water partition coefficient (Wildman–Crippen LogP) is 1.85. The van der Waals surface area contributed by atoms with Gasteiger partial charge in [-0.15, -0.1) is 0 Å². The smallest absolute Gasteiger partial charge is 0.159 e. The molecule has 0 aliphatic heterocycles. The lowest BCUT2D eigenvalue weighted by molar-refractivity contribution is -0.114. The number of ketones is 1. The Morgan fingerprint density at radius 3 is 2.57 bits per heavy atom. The number of allylic oxidation sites excluding steroid dienone is 1.